The normalized spacial score (nSPS) is 23.6. The Bertz CT molecular complexity index is 1180. The lowest BCUT2D eigenvalue weighted by Gasteiger charge is -2.18. The van der Waals surface area contributed by atoms with Crippen molar-refractivity contribution in [1.29, 1.82) is 0 Å². The summed E-state index contributed by atoms with van der Waals surface area (Å²) in [5.41, 5.74) is 2.50. The zero-order valence-corrected chi connectivity index (χ0v) is 16.2. The van der Waals surface area contributed by atoms with Crippen molar-refractivity contribution < 1.29 is 29.9 Å². The molecule has 1 fully saturated rings. The molecule has 13 nitrogen and oxygen atoms in total. The number of phenolic OH excluding ortho intramolecular Hbond substituents is 1. The van der Waals surface area contributed by atoms with Crippen LogP contribution >= 0.6 is 0 Å². The molecular weight excluding hydrogens is 412 g/mol. The van der Waals surface area contributed by atoms with Crippen LogP contribution in [0.1, 0.15) is 11.8 Å². The largest absolute Gasteiger partial charge is 0.507 e. The Morgan fingerprint density at radius 3 is 2.87 bits per heavy atom. The number of H-pyrrole nitrogens is 1. The Kier molecular flexibility index (Phi) is 5.56. The topological polar surface area (TPSA) is 187 Å². The molecule has 1 aliphatic heterocycles. The van der Waals surface area contributed by atoms with Crippen LogP contribution in [0.25, 0.3) is 11.2 Å². The maximum absolute atomic E-state index is 12.2. The predicted molar refractivity (Wildman–Crippen MR) is 107 cm³/mol. The third-order valence-corrected chi connectivity index (χ3v) is 4.86. The number of anilines is 1. The first kappa shape index (κ1) is 20.7. The van der Waals surface area contributed by atoms with Crippen LogP contribution in [0.2, 0.25) is 0 Å². The molecule has 0 aliphatic carbocycles. The van der Waals surface area contributed by atoms with Crippen LogP contribution in [0.5, 0.6) is 11.5 Å². The van der Waals surface area contributed by atoms with Crippen molar-refractivity contribution in [3.8, 4) is 11.5 Å². The molecular formula is C18H20N6O7. The fourth-order valence-corrected chi connectivity index (χ4v) is 3.25. The second kappa shape index (κ2) is 8.31. The number of aromatic hydroxyl groups is 1. The van der Waals surface area contributed by atoms with E-state index in [0.29, 0.717) is 11.3 Å². The van der Waals surface area contributed by atoms with Gasteiger partial charge >= 0.3 is 0 Å². The number of hydrogen-bond acceptors (Lipinski definition) is 11. The van der Waals surface area contributed by atoms with E-state index in [2.05, 4.69) is 25.5 Å². The number of phenols is 1. The number of ether oxygens (including phenoxy) is 2. The van der Waals surface area contributed by atoms with Gasteiger partial charge in [-0.25, -0.2) is 15.4 Å². The van der Waals surface area contributed by atoms with Crippen LogP contribution in [0, 0.1) is 0 Å². The predicted octanol–water partition coefficient (Wildman–Crippen LogP) is -1.11. The minimum Gasteiger partial charge on any atom is -0.507 e. The monoisotopic (exact) mass is 432 g/mol. The quantitative estimate of drug-likeness (QED) is 0.206. The first-order valence-electron chi connectivity index (χ1n) is 9.18. The van der Waals surface area contributed by atoms with Gasteiger partial charge in [0, 0.05) is 11.6 Å². The summed E-state index contributed by atoms with van der Waals surface area (Å²) < 4.78 is 11.8. The van der Waals surface area contributed by atoms with Gasteiger partial charge in [-0.3, -0.25) is 9.36 Å². The minimum absolute atomic E-state index is 0.0155. The molecule has 1 aliphatic rings. The van der Waals surface area contributed by atoms with Gasteiger partial charge in [0.1, 0.15) is 29.8 Å². The van der Waals surface area contributed by atoms with Crippen molar-refractivity contribution in [3.63, 3.8) is 0 Å². The van der Waals surface area contributed by atoms with Crippen molar-refractivity contribution in [1.82, 2.24) is 19.5 Å². The number of hydrogen-bond donors (Lipinski definition) is 6. The summed E-state index contributed by atoms with van der Waals surface area (Å²) in [5, 5.41) is 43.9. The van der Waals surface area contributed by atoms with Gasteiger partial charge in [0.05, 0.1) is 26.3 Å². The van der Waals surface area contributed by atoms with Gasteiger partial charge in [-0.15, -0.1) is 0 Å². The SMILES string of the molecule is COc1ccc(C=NNc2nc3c(=O)[nH]cnc3n2C2OC(CO)C(O)C2O)c(O)c1. The van der Waals surface area contributed by atoms with Crippen LogP contribution in [0.4, 0.5) is 5.95 Å². The highest BCUT2D eigenvalue weighted by Crippen LogP contribution is 2.33. The number of nitrogens with one attached hydrogen (secondary N) is 2. The molecule has 13 heteroatoms. The Labute approximate surface area is 174 Å². The van der Waals surface area contributed by atoms with Crippen molar-refractivity contribution in [3.05, 3.63) is 40.4 Å². The van der Waals surface area contributed by atoms with Gasteiger partial charge < -0.3 is 34.9 Å². The highest BCUT2D eigenvalue weighted by molar-refractivity contribution is 5.84. The van der Waals surface area contributed by atoms with E-state index < -0.39 is 36.7 Å². The number of rotatable bonds is 6. The third-order valence-electron chi connectivity index (χ3n) is 4.86. The van der Waals surface area contributed by atoms with Crippen molar-refractivity contribution in [2.75, 3.05) is 19.1 Å². The molecule has 31 heavy (non-hydrogen) atoms. The maximum Gasteiger partial charge on any atom is 0.278 e. The van der Waals surface area contributed by atoms with Crippen molar-refractivity contribution in [2.24, 2.45) is 5.10 Å². The van der Waals surface area contributed by atoms with E-state index in [1.54, 1.807) is 12.1 Å². The molecule has 1 saturated heterocycles. The van der Waals surface area contributed by atoms with E-state index in [0.717, 1.165) is 6.33 Å². The van der Waals surface area contributed by atoms with Crippen molar-refractivity contribution >= 4 is 23.3 Å². The molecule has 3 aromatic rings. The number of aromatic amines is 1. The van der Waals surface area contributed by atoms with Crippen molar-refractivity contribution in [2.45, 2.75) is 24.5 Å². The van der Waals surface area contributed by atoms with Gasteiger partial charge in [0.15, 0.2) is 17.4 Å². The van der Waals surface area contributed by atoms with Crippen LogP contribution in [0.15, 0.2) is 34.4 Å². The molecule has 0 saturated carbocycles. The van der Waals surface area contributed by atoms with E-state index in [1.807, 2.05) is 0 Å². The molecule has 3 heterocycles. The fourth-order valence-electron chi connectivity index (χ4n) is 3.25. The number of methoxy groups -OCH3 is 1. The number of hydrazone groups is 1. The maximum atomic E-state index is 12.2. The molecule has 0 spiro atoms. The number of nitrogens with zero attached hydrogens (tertiary/aromatic N) is 4. The fraction of sp³-hybridized carbons (Fsp3) is 0.333. The molecule has 4 rings (SSSR count). The summed E-state index contributed by atoms with van der Waals surface area (Å²) in [6.07, 6.45) is -2.54. The number of aliphatic hydroxyl groups is 3. The van der Waals surface area contributed by atoms with E-state index in [9.17, 15) is 25.2 Å². The Morgan fingerprint density at radius 1 is 1.39 bits per heavy atom. The second-order valence-corrected chi connectivity index (χ2v) is 6.73. The lowest BCUT2D eigenvalue weighted by Crippen LogP contribution is -2.33. The Balaban J connectivity index is 1.70. The van der Waals surface area contributed by atoms with E-state index >= 15 is 0 Å². The molecule has 0 bridgehead atoms. The minimum atomic E-state index is -1.43. The first-order chi connectivity index (χ1) is 14.9. The molecule has 4 unspecified atom stereocenters. The molecule has 0 radical (unpaired) electrons. The molecule has 4 atom stereocenters. The Morgan fingerprint density at radius 2 is 2.19 bits per heavy atom. The summed E-state index contributed by atoms with van der Waals surface area (Å²) in [6.45, 7) is -0.521. The summed E-state index contributed by atoms with van der Waals surface area (Å²) >= 11 is 0. The Hall–Kier alpha value is -3.52. The zero-order valence-electron chi connectivity index (χ0n) is 16.2. The smallest absolute Gasteiger partial charge is 0.278 e. The van der Waals surface area contributed by atoms with Gasteiger partial charge in [-0.05, 0) is 12.1 Å². The molecule has 6 N–H and O–H groups in total. The zero-order chi connectivity index (χ0) is 22.1. The number of aromatic nitrogens is 4. The molecule has 2 aromatic heterocycles. The van der Waals surface area contributed by atoms with Crippen LogP contribution in [-0.2, 0) is 4.74 Å². The van der Waals surface area contributed by atoms with E-state index in [-0.39, 0.29) is 22.9 Å². The molecule has 164 valence electrons. The average molecular weight is 432 g/mol. The van der Waals surface area contributed by atoms with E-state index in [4.69, 9.17) is 9.47 Å². The highest BCUT2D eigenvalue weighted by Gasteiger charge is 2.45. The second-order valence-electron chi connectivity index (χ2n) is 6.73. The lowest BCUT2D eigenvalue weighted by atomic mass is 10.1. The van der Waals surface area contributed by atoms with Crippen LogP contribution < -0.4 is 15.7 Å². The van der Waals surface area contributed by atoms with Gasteiger partial charge in [-0.2, -0.15) is 5.10 Å². The van der Waals surface area contributed by atoms with Gasteiger partial charge in [0.25, 0.3) is 5.56 Å². The standard InChI is InChI=1S/C18H20N6O7/c1-30-9-3-2-8(10(26)4-9)5-21-23-18-22-12-15(19-7-20-16(12)29)24(18)17-14(28)13(27)11(6-25)31-17/h2-5,7,11,13-14,17,25-28H,6H2,1H3,(H,22,23)(H,19,20,29). The van der Waals surface area contributed by atoms with E-state index in [1.165, 1.54) is 24.0 Å². The average Bonchev–Trinajstić information content (AvgIpc) is 3.27. The van der Waals surface area contributed by atoms with Crippen LogP contribution in [0.3, 0.4) is 0 Å². The first-order valence-corrected chi connectivity index (χ1v) is 9.18. The van der Waals surface area contributed by atoms with Gasteiger partial charge in [-0.1, -0.05) is 0 Å². The molecule has 1 aromatic carbocycles. The highest BCUT2D eigenvalue weighted by atomic mass is 16.6. The van der Waals surface area contributed by atoms with Crippen LogP contribution in [-0.4, -0.2) is 78.2 Å². The molecule has 0 amide bonds. The lowest BCUT2D eigenvalue weighted by molar-refractivity contribution is -0.0501. The summed E-state index contributed by atoms with van der Waals surface area (Å²) in [7, 11) is 1.47. The number of aliphatic hydroxyl groups excluding tert-OH is 3. The summed E-state index contributed by atoms with van der Waals surface area (Å²) in [5.74, 6) is 0.386. The summed E-state index contributed by atoms with van der Waals surface area (Å²) in [6, 6.07) is 4.64. The van der Waals surface area contributed by atoms with Gasteiger partial charge in [0.2, 0.25) is 5.95 Å². The summed E-state index contributed by atoms with van der Waals surface area (Å²) in [4.78, 5) is 22.8. The number of fused-ring (bicyclic) bond motifs is 1. The third kappa shape index (κ3) is 3.70. The number of imidazole rings is 1. The number of benzene rings is 1.